The summed E-state index contributed by atoms with van der Waals surface area (Å²) < 4.78 is 11.4. The molecule has 1 aromatic heterocycles. The van der Waals surface area contributed by atoms with Crippen molar-refractivity contribution < 1.29 is 9.15 Å². The van der Waals surface area contributed by atoms with Crippen LogP contribution in [-0.4, -0.2) is 7.11 Å². The van der Waals surface area contributed by atoms with Gasteiger partial charge in [-0.1, -0.05) is 36.4 Å². The number of hydrogen-bond donors (Lipinski definition) is 1. The van der Waals surface area contributed by atoms with Crippen LogP contribution < -0.4 is 10.1 Å². The standard InChI is InChI=1S/C20H23NO2/c1-13-8-5-6-10-17(13)14(2)21-15(3)19-12-16-9-7-11-18(22-4)20(16)23-19/h5-12,14-15,21H,1-4H3. The Morgan fingerprint density at radius 2 is 1.78 bits per heavy atom. The first-order valence-electron chi connectivity index (χ1n) is 7.98. The van der Waals surface area contributed by atoms with E-state index in [0.717, 1.165) is 22.5 Å². The average Bonchev–Trinajstić information content (AvgIpc) is 2.99. The van der Waals surface area contributed by atoms with Gasteiger partial charge in [0.2, 0.25) is 0 Å². The molecule has 2 atom stereocenters. The summed E-state index contributed by atoms with van der Waals surface area (Å²) in [5.74, 6) is 1.69. The Balaban J connectivity index is 1.83. The second-order valence-electron chi connectivity index (χ2n) is 5.99. The molecule has 0 spiro atoms. The van der Waals surface area contributed by atoms with Gasteiger partial charge in [-0.05, 0) is 44.0 Å². The van der Waals surface area contributed by atoms with Crippen LogP contribution in [0, 0.1) is 6.92 Å². The Hall–Kier alpha value is -2.26. The molecule has 0 aliphatic heterocycles. The minimum absolute atomic E-state index is 0.113. The van der Waals surface area contributed by atoms with Gasteiger partial charge in [-0.15, -0.1) is 0 Å². The van der Waals surface area contributed by atoms with E-state index in [1.54, 1.807) is 7.11 Å². The summed E-state index contributed by atoms with van der Waals surface area (Å²) in [5.41, 5.74) is 3.42. The van der Waals surface area contributed by atoms with Crippen molar-refractivity contribution in [1.82, 2.24) is 5.32 Å². The van der Waals surface area contributed by atoms with Gasteiger partial charge in [0.25, 0.3) is 0 Å². The zero-order valence-corrected chi connectivity index (χ0v) is 14.1. The number of aryl methyl sites for hydroxylation is 1. The maximum absolute atomic E-state index is 6.03. The quantitative estimate of drug-likeness (QED) is 0.706. The maximum Gasteiger partial charge on any atom is 0.176 e. The highest BCUT2D eigenvalue weighted by Crippen LogP contribution is 2.31. The van der Waals surface area contributed by atoms with Crippen LogP contribution in [0.2, 0.25) is 0 Å². The number of fused-ring (bicyclic) bond motifs is 1. The van der Waals surface area contributed by atoms with E-state index in [9.17, 15) is 0 Å². The van der Waals surface area contributed by atoms with E-state index in [-0.39, 0.29) is 12.1 Å². The van der Waals surface area contributed by atoms with Crippen molar-refractivity contribution in [1.29, 1.82) is 0 Å². The number of para-hydroxylation sites is 1. The van der Waals surface area contributed by atoms with Crippen molar-refractivity contribution in [2.45, 2.75) is 32.9 Å². The lowest BCUT2D eigenvalue weighted by Crippen LogP contribution is -2.22. The molecule has 3 nitrogen and oxygen atoms in total. The number of ether oxygens (including phenoxy) is 1. The number of methoxy groups -OCH3 is 1. The van der Waals surface area contributed by atoms with Crippen molar-refractivity contribution in [3.05, 3.63) is 65.4 Å². The lowest BCUT2D eigenvalue weighted by Gasteiger charge is -2.20. The minimum Gasteiger partial charge on any atom is -0.493 e. The lowest BCUT2D eigenvalue weighted by atomic mass is 10.0. The van der Waals surface area contributed by atoms with Crippen molar-refractivity contribution in [3.63, 3.8) is 0 Å². The predicted molar refractivity (Wildman–Crippen MR) is 93.9 cm³/mol. The van der Waals surface area contributed by atoms with E-state index in [2.05, 4.69) is 56.4 Å². The second kappa shape index (κ2) is 6.47. The van der Waals surface area contributed by atoms with Gasteiger partial charge in [0.15, 0.2) is 11.3 Å². The van der Waals surface area contributed by atoms with Gasteiger partial charge in [0.05, 0.1) is 13.2 Å². The van der Waals surface area contributed by atoms with Crippen LogP contribution in [-0.2, 0) is 0 Å². The molecule has 3 aromatic rings. The molecule has 3 rings (SSSR count). The van der Waals surface area contributed by atoms with Crippen LogP contribution in [0.3, 0.4) is 0 Å². The molecule has 120 valence electrons. The molecule has 0 fully saturated rings. The van der Waals surface area contributed by atoms with Gasteiger partial charge in [-0.2, -0.15) is 0 Å². The molecule has 0 aliphatic rings. The SMILES string of the molecule is COc1cccc2cc(C(C)NC(C)c3ccccc3C)oc12. The highest BCUT2D eigenvalue weighted by Gasteiger charge is 2.17. The van der Waals surface area contributed by atoms with Crippen LogP contribution in [0.1, 0.15) is 42.8 Å². The Morgan fingerprint density at radius 1 is 1.00 bits per heavy atom. The highest BCUT2D eigenvalue weighted by molar-refractivity contribution is 5.83. The van der Waals surface area contributed by atoms with Crippen LogP contribution in [0.15, 0.2) is 52.9 Å². The average molecular weight is 309 g/mol. The Morgan fingerprint density at radius 3 is 2.52 bits per heavy atom. The largest absolute Gasteiger partial charge is 0.493 e. The Labute approximate surface area is 137 Å². The summed E-state index contributed by atoms with van der Waals surface area (Å²) in [6.07, 6.45) is 0. The molecule has 1 heterocycles. The maximum atomic E-state index is 6.03. The molecule has 0 bridgehead atoms. The summed E-state index contributed by atoms with van der Waals surface area (Å²) in [6, 6.07) is 16.9. The molecular weight excluding hydrogens is 286 g/mol. The summed E-state index contributed by atoms with van der Waals surface area (Å²) in [4.78, 5) is 0. The molecule has 1 N–H and O–H groups in total. The predicted octanol–water partition coefficient (Wildman–Crippen LogP) is 5.16. The van der Waals surface area contributed by atoms with Gasteiger partial charge in [-0.3, -0.25) is 0 Å². The van der Waals surface area contributed by atoms with Crippen molar-refractivity contribution in [2.75, 3.05) is 7.11 Å². The van der Waals surface area contributed by atoms with Crippen molar-refractivity contribution in [3.8, 4) is 5.75 Å². The number of nitrogens with one attached hydrogen (secondary N) is 1. The summed E-state index contributed by atoms with van der Waals surface area (Å²) >= 11 is 0. The molecule has 0 amide bonds. The molecule has 2 aromatic carbocycles. The van der Waals surface area contributed by atoms with E-state index >= 15 is 0 Å². The summed E-state index contributed by atoms with van der Waals surface area (Å²) in [5, 5.41) is 4.68. The number of hydrogen-bond acceptors (Lipinski definition) is 3. The van der Waals surface area contributed by atoms with Gasteiger partial charge >= 0.3 is 0 Å². The van der Waals surface area contributed by atoms with Crippen LogP contribution in [0.25, 0.3) is 11.0 Å². The third kappa shape index (κ3) is 3.10. The van der Waals surface area contributed by atoms with Crippen molar-refractivity contribution >= 4 is 11.0 Å². The molecule has 0 radical (unpaired) electrons. The third-order valence-corrected chi connectivity index (χ3v) is 4.33. The smallest absolute Gasteiger partial charge is 0.176 e. The number of furan rings is 1. The summed E-state index contributed by atoms with van der Waals surface area (Å²) in [7, 11) is 1.67. The molecule has 3 heteroatoms. The van der Waals surface area contributed by atoms with E-state index in [1.807, 2.05) is 18.2 Å². The zero-order valence-electron chi connectivity index (χ0n) is 14.1. The minimum atomic E-state index is 0.113. The molecule has 23 heavy (non-hydrogen) atoms. The van der Waals surface area contributed by atoms with E-state index < -0.39 is 0 Å². The molecular formula is C20H23NO2. The van der Waals surface area contributed by atoms with Crippen molar-refractivity contribution in [2.24, 2.45) is 0 Å². The topological polar surface area (TPSA) is 34.4 Å². The van der Waals surface area contributed by atoms with Gasteiger partial charge in [-0.25, -0.2) is 0 Å². The van der Waals surface area contributed by atoms with E-state index in [0.29, 0.717) is 0 Å². The molecule has 0 aliphatic carbocycles. The summed E-state index contributed by atoms with van der Waals surface area (Å²) in [6.45, 7) is 6.45. The normalized spacial score (nSPS) is 13.9. The van der Waals surface area contributed by atoms with E-state index in [4.69, 9.17) is 9.15 Å². The molecule has 0 saturated heterocycles. The van der Waals surface area contributed by atoms with Gasteiger partial charge < -0.3 is 14.5 Å². The lowest BCUT2D eigenvalue weighted by molar-refractivity contribution is 0.391. The Bertz CT molecular complexity index is 806. The first kappa shape index (κ1) is 15.6. The van der Waals surface area contributed by atoms with Crippen LogP contribution >= 0.6 is 0 Å². The second-order valence-corrected chi connectivity index (χ2v) is 5.99. The van der Waals surface area contributed by atoms with Crippen LogP contribution in [0.5, 0.6) is 5.75 Å². The fraction of sp³-hybridized carbons (Fsp3) is 0.300. The number of benzene rings is 2. The highest BCUT2D eigenvalue weighted by atomic mass is 16.5. The first-order chi connectivity index (χ1) is 11.1. The third-order valence-electron chi connectivity index (χ3n) is 4.33. The van der Waals surface area contributed by atoms with E-state index in [1.165, 1.54) is 11.1 Å². The fourth-order valence-corrected chi connectivity index (χ4v) is 3.05. The molecule has 2 unspecified atom stereocenters. The molecule has 0 saturated carbocycles. The first-order valence-corrected chi connectivity index (χ1v) is 7.98. The van der Waals surface area contributed by atoms with Crippen LogP contribution in [0.4, 0.5) is 0 Å². The van der Waals surface area contributed by atoms with Gasteiger partial charge in [0, 0.05) is 11.4 Å². The monoisotopic (exact) mass is 309 g/mol. The fourth-order valence-electron chi connectivity index (χ4n) is 3.05. The zero-order chi connectivity index (χ0) is 16.4. The number of rotatable bonds is 5. The van der Waals surface area contributed by atoms with Gasteiger partial charge in [0.1, 0.15) is 5.76 Å². The Kier molecular flexibility index (Phi) is 4.39.